The second-order valence-corrected chi connectivity index (χ2v) is 5.92. The van der Waals surface area contributed by atoms with Crippen LogP contribution in [0.2, 0.25) is 5.02 Å². The van der Waals surface area contributed by atoms with E-state index >= 15 is 0 Å². The lowest BCUT2D eigenvalue weighted by Crippen LogP contribution is -2.22. The predicted molar refractivity (Wildman–Crippen MR) is 89.9 cm³/mol. The van der Waals surface area contributed by atoms with E-state index in [-0.39, 0.29) is 21.2 Å². The van der Waals surface area contributed by atoms with E-state index in [1.54, 1.807) is 5.38 Å². The van der Waals surface area contributed by atoms with E-state index in [0.29, 0.717) is 0 Å². The van der Waals surface area contributed by atoms with Crippen molar-refractivity contribution in [1.29, 1.82) is 0 Å². The Labute approximate surface area is 149 Å². The van der Waals surface area contributed by atoms with Crippen molar-refractivity contribution in [2.24, 2.45) is 5.73 Å². The fourth-order valence-corrected chi connectivity index (χ4v) is 2.78. The van der Waals surface area contributed by atoms with Gasteiger partial charge < -0.3 is 15.8 Å². The number of primary amides is 1. The minimum absolute atomic E-state index is 0.0812. The van der Waals surface area contributed by atoms with Crippen molar-refractivity contribution < 1.29 is 24.0 Å². The molecule has 9 nitrogen and oxygen atoms in total. The molecule has 11 heteroatoms. The number of hydrogen-bond acceptors (Lipinski definition) is 7. The highest BCUT2D eigenvalue weighted by atomic mass is 35.5. The summed E-state index contributed by atoms with van der Waals surface area (Å²) >= 11 is 6.72. The van der Waals surface area contributed by atoms with Crippen LogP contribution in [0.15, 0.2) is 29.6 Å². The molecular formula is C14H10ClN3O6S. The van der Waals surface area contributed by atoms with E-state index in [2.05, 4.69) is 5.32 Å². The molecule has 0 fully saturated rings. The molecule has 1 heterocycles. The third-order valence-electron chi connectivity index (χ3n) is 2.89. The number of thiophene rings is 1. The number of benzene rings is 1. The fraction of sp³-hybridized carbons (Fsp3) is 0.0714. The Kier molecular flexibility index (Phi) is 5.67. The summed E-state index contributed by atoms with van der Waals surface area (Å²) in [6.07, 6.45) is 0. The van der Waals surface area contributed by atoms with Gasteiger partial charge in [-0.05, 0) is 23.6 Å². The summed E-state index contributed by atoms with van der Waals surface area (Å²) in [5.74, 6) is -2.50. The van der Waals surface area contributed by atoms with Crippen LogP contribution in [-0.2, 0) is 9.53 Å². The fourth-order valence-electron chi connectivity index (χ4n) is 1.80. The molecule has 0 aliphatic rings. The average molecular weight is 384 g/mol. The summed E-state index contributed by atoms with van der Waals surface area (Å²) in [5, 5.41) is 15.2. The van der Waals surface area contributed by atoms with Crippen molar-refractivity contribution in [3.8, 4) is 0 Å². The first-order chi connectivity index (χ1) is 11.8. The summed E-state index contributed by atoms with van der Waals surface area (Å²) in [7, 11) is 0. The first-order valence-electron chi connectivity index (χ1n) is 6.58. The molecule has 0 spiro atoms. The van der Waals surface area contributed by atoms with Gasteiger partial charge in [-0.15, -0.1) is 11.3 Å². The topological polar surface area (TPSA) is 142 Å². The molecule has 0 bridgehead atoms. The van der Waals surface area contributed by atoms with Crippen LogP contribution >= 0.6 is 22.9 Å². The van der Waals surface area contributed by atoms with Crippen molar-refractivity contribution >= 4 is 51.4 Å². The SMILES string of the molecule is NC(=O)c1ccsc1NC(=O)COC(=O)c1ccc(Cl)cc1[N+](=O)[O-]. The number of anilines is 1. The first kappa shape index (κ1) is 18.4. The molecule has 2 aromatic rings. The maximum absolute atomic E-state index is 11.9. The molecule has 0 radical (unpaired) electrons. The lowest BCUT2D eigenvalue weighted by atomic mass is 10.2. The Morgan fingerprint density at radius 2 is 2.00 bits per heavy atom. The van der Waals surface area contributed by atoms with Crippen LogP contribution in [0.4, 0.5) is 10.7 Å². The van der Waals surface area contributed by atoms with Crippen LogP contribution in [0, 0.1) is 10.1 Å². The van der Waals surface area contributed by atoms with Gasteiger partial charge in [0.2, 0.25) is 0 Å². The number of nitrogens with zero attached hydrogens (tertiary/aromatic N) is 1. The molecule has 0 unspecified atom stereocenters. The van der Waals surface area contributed by atoms with Crippen molar-refractivity contribution in [2.75, 3.05) is 11.9 Å². The third kappa shape index (κ3) is 4.52. The zero-order valence-corrected chi connectivity index (χ0v) is 13.9. The van der Waals surface area contributed by atoms with Gasteiger partial charge in [0.05, 0.1) is 10.5 Å². The van der Waals surface area contributed by atoms with Gasteiger partial charge in [0.15, 0.2) is 6.61 Å². The van der Waals surface area contributed by atoms with Gasteiger partial charge in [0.1, 0.15) is 10.6 Å². The normalized spacial score (nSPS) is 10.1. The molecule has 0 aliphatic carbocycles. The molecule has 1 aromatic heterocycles. The van der Waals surface area contributed by atoms with Gasteiger partial charge >= 0.3 is 5.97 Å². The van der Waals surface area contributed by atoms with Crippen LogP contribution < -0.4 is 11.1 Å². The number of amides is 2. The number of esters is 1. The van der Waals surface area contributed by atoms with Gasteiger partial charge in [-0.1, -0.05) is 11.6 Å². The Balaban J connectivity index is 2.03. The standard InChI is InChI=1S/C14H10ClN3O6S/c15-7-1-2-8(10(5-7)18(22)23)14(21)24-6-11(19)17-13-9(12(16)20)3-4-25-13/h1-5H,6H2,(H2,16,20)(H,17,19). The summed E-state index contributed by atoms with van der Waals surface area (Å²) < 4.78 is 4.76. The van der Waals surface area contributed by atoms with E-state index in [4.69, 9.17) is 22.1 Å². The highest BCUT2D eigenvalue weighted by Gasteiger charge is 2.23. The van der Waals surface area contributed by atoms with Gasteiger partial charge in [0, 0.05) is 11.1 Å². The third-order valence-corrected chi connectivity index (χ3v) is 3.96. The Morgan fingerprint density at radius 1 is 1.28 bits per heavy atom. The Hall–Kier alpha value is -2.98. The van der Waals surface area contributed by atoms with Crippen LogP contribution in [0.25, 0.3) is 0 Å². The molecule has 0 saturated heterocycles. The molecule has 0 saturated carbocycles. The number of carbonyl (C=O) groups is 3. The molecule has 1 aromatic carbocycles. The van der Waals surface area contributed by atoms with Crippen molar-refractivity contribution in [1.82, 2.24) is 0 Å². The Morgan fingerprint density at radius 3 is 2.64 bits per heavy atom. The maximum Gasteiger partial charge on any atom is 0.345 e. The van der Waals surface area contributed by atoms with E-state index in [9.17, 15) is 24.5 Å². The van der Waals surface area contributed by atoms with Crippen LogP contribution in [-0.4, -0.2) is 29.3 Å². The minimum atomic E-state index is -1.06. The number of nitro groups is 1. The highest BCUT2D eigenvalue weighted by Crippen LogP contribution is 2.24. The second kappa shape index (κ2) is 7.73. The minimum Gasteiger partial charge on any atom is -0.452 e. The first-order valence-corrected chi connectivity index (χ1v) is 7.83. The maximum atomic E-state index is 11.9. The van der Waals surface area contributed by atoms with E-state index in [1.165, 1.54) is 12.1 Å². The van der Waals surface area contributed by atoms with E-state index in [1.807, 2.05) is 0 Å². The number of nitrogens with two attached hydrogens (primary N) is 1. The summed E-state index contributed by atoms with van der Waals surface area (Å²) in [5.41, 5.74) is 4.40. The summed E-state index contributed by atoms with van der Waals surface area (Å²) in [6, 6.07) is 4.86. The molecule has 2 rings (SSSR count). The van der Waals surface area contributed by atoms with Crippen LogP contribution in [0.3, 0.4) is 0 Å². The lowest BCUT2D eigenvalue weighted by Gasteiger charge is -2.07. The van der Waals surface area contributed by atoms with E-state index in [0.717, 1.165) is 23.5 Å². The molecule has 2 amide bonds. The van der Waals surface area contributed by atoms with Gasteiger partial charge in [0.25, 0.3) is 17.5 Å². The van der Waals surface area contributed by atoms with E-state index < -0.39 is 35.0 Å². The van der Waals surface area contributed by atoms with Gasteiger partial charge in [-0.3, -0.25) is 19.7 Å². The van der Waals surface area contributed by atoms with Crippen LogP contribution in [0.1, 0.15) is 20.7 Å². The zero-order chi connectivity index (χ0) is 18.6. The lowest BCUT2D eigenvalue weighted by molar-refractivity contribution is -0.385. The summed E-state index contributed by atoms with van der Waals surface area (Å²) in [6.45, 7) is -0.700. The molecule has 3 N–H and O–H groups in total. The second-order valence-electron chi connectivity index (χ2n) is 4.57. The van der Waals surface area contributed by atoms with Crippen molar-refractivity contribution in [3.63, 3.8) is 0 Å². The van der Waals surface area contributed by atoms with Gasteiger partial charge in [-0.25, -0.2) is 4.79 Å². The number of nitrogens with one attached hydrogen (secondary N) is 1. The predicted octanol–water partition coefficient (Wildman–Crippen LogP) is 2.20. The number of rotatable bonds is 6. The van der Waals surface area contributed by atoms with Crippen molar-refractivity contribution in [3.05, 3.63) is 55.9 Å². The smallest absolute Gasteiger partial charge is 0.345 e. The monoisotopic (exact) mass is 383 g/mol. The summed E-state index contributed by atoms with van der Waals surface area (Å²) in [4.78, 5) is 45.1. The molecular weight excluding hydrogens is 374 g/mol. The zero-order valence-electron chi connectivity index (χ0n) is 12.4. The number of nitro benzene ring substituents is 1. The highest BCUT2D eigenvalue weighted by molar-refractivity contribution is 7.14. The number of halogens is 1. The molecule has 130 valence electrons. The van der Waals surface area contributed by atoms with Crippen LogP contribution in [0.5, 0.6) is 0 Å². The molecule has 0 atom stereocenters. The molecule has 0 aliphatic heterocycles. The number of carbonyl (C=O) groups excluding carboxylic acids is 3. The quantitative estimate of drug-likeness (QED) is 0.445. The number of ether oxygens (including phenoxy) is 1. The van der Waals surface area contributed by atoms with Gasteiger partial charge in [-0.2, -0.15) is 0 Å². The average Bonchev–Trinajstić information content (AvgIpc) is 3.00. The van der Waals surface area contributed by atoms with Crippen molar-refractivity contribution in [2.45, 2.75) is 0 Å². The molecule has 25 heavy (non-hydrogen) atoms. The largest absolute Gasteiger partial charge is 0.452 e. The Bertz CT molecular complexity index is 866. The number of hydrogen-bond donors (Lipinski definition) is 2.